The molecule has 4 aromatic rings. The monoisotopic (exact) mass is 764 g/mol. The van der Waals surface area contributed by atoms with Crippen LogP contribution in [0.4, 0.5) is 79.0 Å². The first-order valence-electron chi connectivity index (χ1n) is 12.3. The summed E-state index contributed by atoms with van der Waals surface area (Å²) in [4.78, 5) is 42.7. The molecule has 0 atom stereocenters. The summed E-state index contributed by atoms with van der Waals surface area (Å²) in [5.74, 6) is -22.7. The quantitative estimate of drug-likeness (QED) is 0.111. The minimum absolute atomic E-state index is 0.534. The Balaban J connectivity index is 0.000000276. The predicted molar refractivity (Wildman–Crippen MR) is 131 cm³/mol. The average Bonchev–Trinajstić information content (AvgIpc) is 2.99. The van der Waals surface area contributed by atoms with Crippen molar-refractivity contribution >= 4 is 46.7 Å². The largest absolute Gasteiger partial charge is 0.480 e. The molecule has 0 aliphatic heterocycles. The Morgan fingerprint density at radius 2 is 0.706 bits per heavy atom. The van der Waals surface area contributed by atoms with Gasteiger partial charge in [-0.2, -0.15) is 39.5 Å². The van der Waals surface area contributed by atoms with Crippen molar-refractivity contribution in [1.29, 1.82) is 0 Å². The Bertz CT molecular complexity index is 2050. The van der Waals surface area contributed by atoms with Crippen LogP contribution in [0.25, 0.3) is 21.5 Å². The molecular formula is C28H6F18O5. The van der Waals surface area contributed by atoms with Crippen molar-refractivity contribution in [3.05, 3.63) is 85.7 Å². The summed E-state index contributed by atoms with van der Waals surface area (Å²) in [5, 5.41) is -7.95. The van der Waals surface area contributed by atoms with Gasteiger partial charge in [-0.3, -0.25) is 19.2 Å². The molecule has 0 spiro atoms. The van der Waals surface area contributed by atoms with Crippen LogP contribution in [0.5, 0.6) is 5.75 Å². The van der Waals surface area contributed by atoms with Gasteiger partial charge < -0.3 is 4.74 Å². The zero-order chi connectivity index (χ0) is 39.3. The van der Waals surface area contributed by atoms with Crippen LogP contribution < -0.4 is 4.74 Å². The second kappa shape index (κ2) is 13.7. The molecule has 0 bridgehead atoms. The molecule has 0 aromatic heterocycles. The fourth-order valence-electron chi connectivity index (χ4n) is 4.44. The van der Waals surface area contributed by atoms with E-state index in [2.05, 4.69) is 4.74 Å². The van der Waals surface area contributed by atoms with Crippen LogP contribution in [0, 0.1) is 52.4 Å². The van der Waals surface area contributed by atoms with Crippen LogP contribution in [0.2, 0.25) is 0 Å². The lowest BCUT2D eigenvalue weighted by Crippen LogP contribution is -2.20. The van der Waals surface area contributed by atoms with Crippen LogP contribution >= 0.6 is 0 Å². The molecule has 4 aromatic carbocycles. The SMILES string of the molecule is O=Cc1c(F)c(C(F)(F)F)c2c(F)c(C=O)c(F)c(C(F)(F)F)c2c1F.O=Cc1c(F)c(OCC(F)(F)F)c2c(F)c(C=O)c(F)c(F)c2c1F. The van der Waals surface area contributed by atoms with Gasteiger partial charge in [0.2, 0.25) is 0 Å². The highest BCUT2D eigenvalue weighted by Crippen LogP contribution is 2.47. The lowest BCUT2D eigenvalue weighted by atomic mass is 9.92. The summed E-state index contributed by atoms with van der Waals surface area (Å²) < 4.78 is 245. The van der Waals surface area contributed by atoms with E-state index in [0.29, 0.717) is 0 Å². The van der Waals surface area contributed by atoms with E-state index in [-0.39, 0.29) is 0 Å². The number of aldehydes is 4. The van der Waals surface area contributed by atoms with Crippen molar-refractivity contribution in [3.63, 3.8) is 0 Å². The van der Waals surface area contributed by atoms with Crippen molar-refractivity contribution in [2.24, 2.45) is 0 Å². The number of halogens is 18. The number of ether oxygens (including phenoxy) is 1. The number of rotatable bonds is 6. The molecule has 0 saturated heterocycles. The summed E-state index contributed by atoms with van der Waals surface area (Å²) in [7, 11) is 0. The standard InChI is InChI=1S/C14H2F10O2.C14H4F8O3/c15-9-3(1-25)11(17)7(13(19,20)21)6-5(9)8(14(22,23)24)12(18)4(2-26)10(6)16;15-8-5(2-24)11(18)13(25-3-14(20,21)22)7-6(8)12(19)10(17)4(1-23)9(7)16/h1-2H;1-2H,3H2. The molecular weight excluding hydrogens is 758 g/mol. The lowest BCUT2D eigenvalue weighted by Gasteiger charge is -2.20. The number of benzene rings is 4. The first-order valence-corrected chi connectivity index (χ1v) is 12.3. The third-order valence-corrected chi connectivity index (χ3v) is 6.47. The normalized spacial score (nSPS) is 12.1. The molecule has 0 aliphatic rings. The summed E-state index contributed by atoms with van der Waals surface area (Å²) in [6.07, 6.45) is -19.7. The summed E-state index contributed by atoms with van der Waals surface area (Å²) in [5.41, 5.74) is -13.0. The number of hydrogen-bond acceptors (Lipinski definition) is 5. The third-order valence-electron chi connectivity index (χ3n) is 6.47. The van der Waals surface area contributed by atoms with E-state index in [1.165, 1.54) is 0 Å². The van der Waals surface area contributed by atoms with Gasteiger partial charge in [-0.25, -0.2) is 39.5 Å². The molecule has 0 fully saturated rings. The van der Waals surface area contributed by atoms with E-state index < -0.39 is 163 Å². The Hall–Kier alpha value is -5.38. The Morgan fingerprint density at radius 3 is 1.04 bits per heavy atom. The number of fused-ring (bicyclic) bond motifs is 2. The first kappa shape index (κ1) is 40.1. The van der Waals surface area contributed by atoms with Gasteiger partial charge in [-0.05, 0) is 0 Å². The minimum Gasteiger partial charge on any atom is -0.480 e. The maximum absolute atomic E-state index is 14.2. The van der Waals surface area contributed by atoms with Crippen LogP contribution in [0.3, 0.4) is 0 Å². The molecule has 51 heavy (non-hydrogen) atoms. The minimum atomic E-state index is -5.91. The zero-order valence-electron chi connectivity index (χ0n) is 23.4. The maximum atomic E-state index is 14.2. The fourth-order valence-corrected chi connectivity index (χ4v) is 4.44. The Kier molecular flexibility index (Phi) is 10.8. The second-order valence-electron chi connectivity index (χ2n) is 9.43. The molecule has 0 N–H and O–H groups in total. The highest BCUT2D eigenvalue weighted by atomic mass is 19.4. The number of alkyl halides is 9. The van der Waals surface area contributed by atoms with E-state index >= 15 is 0 Å². The summed E-state index contributed by atoms with van der Waals surface area (Å²) in [6, 6.07) is 0. The zero-order valence-corrected chi connectivity index (χ0v) is 23.4. The van der Waals surface area contributed by atoms with Gasteiger partial charge in [0.1, 0.15) is 46.0 Å². The molecule has 0 amide bonds. The van der Waals surface area contributed by atoms with Gasteiger partial charge >= 0.3 is 18.5 Å². The van der Waals surface area contributed by atoms with Gasteiger partial charge in [0.15, 0.2) is 55.0 Å². The molecule has 4 rings (SSSR count). The van der Waals surface area contributed by atoms with Crippen LogP contribution in [0.15, 0.2) is 0 Å². The van der Waals surface area contributed by atoms with Crippen LogP contribution in [-0.2, 0) is 12.4 Å². The van der Waals surface area contributed by atoms with Crippen molar-refractivity contribution in [2.75, 3.05) is 6.61 Å². The smallest absolute Gasteiger partial charge is 0.422 e. The van der Waals surface area contributed by atoms with Gasteiger partial charge in [-0.15, -0.1) is 0 Å². The van der Waals surface area contributed by atoms with E-state index in [4.69, 9.17) is 0 Å². The predicted octanol–water partition coefficient (Wildman–Crippen LogP) is 9.16. The van der Waals surface area contributed by atoms with E-state index in [1.54, 1.807) is 0 Å². The molecule has 23 heteroatoms. The van der Waals surface area contributed by atoms with Gasteiger partial charge in [-0.1, -0.05) is 0 Å². The van der Waals surface area contributed by atoms with Crippen molar-refractivity contribution in [1.82, 2.24) is 0 Å². The number of carbonyl (C=O) groups excluding carboxylic acids is 4. The van der Waals surface area contributed by atoms with Crippen LogP contribution in [-0.4, -0.2) is 37.9 Å². The van der Waals surface area contributed by atoms with Gasteiger partial charge in [0.25, 0.3) is 0 Å². The van der Waals surface area contributed by atoms with E-state index in [1.807, 2.05) is 0 Å². The lowest BCUT2D eigenvalue weighted by molar-refractivity contribution is -0.153. The summed E-state index contributed by atoms with van der Waals surface area (Å²) in [6.45, 7) is -2.21. The van der Waals surface area contributed by atoms with Gasteiger partial charge in [0, 0.05) is 10.8 Å². The van der Waals surface area contributed by atoms with E-state index in [9.17, 15) is 98.2 Å². The summed E-state index contributed by atoms with van der Waals surface area (Å²) >= 11 is 0. The first-order chi connectivity index (χ1) is 23.3. The highest BCUT2D eigenvalue weighted by molar-refractivity contribution is 6.00. The van der Waals surface area contributed by atoms with Crippen molar-refractivity contribution in [2.45, 2.75) is 18.5 Å². The third kappa shape index (κ3) is 6.87. The second-order valence-corrected chi connectivity index (χ2v) is 9.43. The molecule has 0 saturated carbocycles. The Morgan fingerprint density at radius 1 is 0.392 bits per heavy atom. The molecule has 0 heterocycles. The maximum Gasteiger partial charge on any atom is 0.422 e. The number of hydrogen-bond donors (Lipinski definition) is 0. The van der Waals surface area contributed by atoms with E-state index in [0.717, 1.165) is 0 Å². The number of carbonyl (C=O) groups is 4. The molecule has 5 nitrogen and oxygen atoms in total. The topological polar surface area (TPSA) is 77.5 Å². The molecule has 274 valence electrons. The molecule has 0 unspecified atom stereocenters. The fraction of sp³-hybridized carbons (Fsp3) is 0.143. The van der Waals surface area contributed by atoms with Crippen molar-refractivity contribution < 1.29 is 103 Å². The van der Waals surface area contributed by atoms with Gasteiger partial charge in [0.05, 0.1) is 33.0 Å². The van der Waals surface area contributed by atoms with Crippen LogP contribution in [0.1, 0.15) is 52.6 Å². The Labute approximate surface area is 267 Å². The average molecular weight is 764 g/mol. The highest BCUT2D eigenvalue weighted by Gasteiger charge is 2.46. The van der Waals surface area contributed by atoms with Crippen molar-refractivity contribution in [3.8, 4) is 5.75 Å². The molecule has 0 aliphatic carbocycles. The molecule has 0 radical (unpaired) electrons.